The van der Waals surface area contributed by atoms with E-state index in [9.17, 15) is 22.4 Å². The number of aromatic nitrogens is 2. The highest BCUT2D eigenvalue weighted by Gasteiger charge is 2.21. The number of carbonyl (C=O) groups excluding carboxylic acids is 1. The van der Waals surface area contributed by atoms with Gasteiger partial charge in [-0.15, -0.1) is 0 Å². The first-order valence-electron chi connectivity index (χ1n) is 9.34. The third-order valence-corrected chi connectivity index (χ3v) is 4.55. The second-order valence-electron chi connectivity index (χ2n) is 6.55. The Kier molecular flexibility index (Phi) is 7.58. The Hall–Kier alpha value is -3.69. The van der Waals surface area contributed by atoms with E-state index in [-0.39, 0.29) is 5.69 Å². The number of rotatable bonds is 9. The number of benzene rings is 1. The van der Waals surface area contributed by atoms with E-state index >= 15 is 0 Å². The fraction of sp³-hybridized carbons (Fsp3) is 0.227. The van der Waals surface area contributed by atoms with Gasteiger partial charge in [0.15, 0.2) is 11.5 Å². The lowest BCUT2D eigenvalue weighted by Gasteiger charge is -2.20. The molecule has 0 saturated heterocycles. The molecule has 1 atom stereocenters. The standard InChI is InChI=1S/C22H18F4N2O4/c1-30-20(29)17-6-4-15(12-28-17)16(9-13-3-2-8-27-11-13)14-5-7-18(31-21(23)24)19(10-14)32-22(25)26/h2-8,10-12,16,21-22H,9H2,1H3. The van der Waals surface area contributed by atoms with Crippen LogP contribution in [-0.2, 0) is 11.2 Å². The number of hydrogen-bond acceptors (Lipinski definition) is 6. The number of ether oxygens (including phenoxy) is 3. The van der Waals surface area contributed by atoms with Gasteiger partial charge in [-0.1, -0.05) is 18.2 Å². The van der Waals surface area contributed by atoms with Crippen LogP contribution in [-0.4, -0.2) is 36.3 Å². The highest BCUT2D eigenvalue weighted by atomic mass is 19.3. The molecule has 1 unspecified atom stereocenters. The molecule has 0 spiro atoms. The molecule has 3 aromatic rings. The summed E-state index contributed by atoms with van der Waals surface area (Å²) in [7, 11) is 1.23. The molecule has 6 nitrogen and oxygen atoms in total. The van der Waals surface area contributed by atoms with E-state index in [4.69, 9.17) is 0 Å². The molecular formula is C22H18F4N2O4. The van der Waals surface area contributed by atoms with Crippen LogP contribution >= 0.6 is 0 Å². The maximum Gasteiger partial charge on any atom is 0.387 e. The zero-order chi connectivity index (χ0) is 23.1. The number of pyridine rings is 2. The van der Waals surface area contributed by atoms with Crippen molar-refractivity contribution in [3.63, 3.8) is 0 Å². The molecule has 0 amide bonds. The number of carbonyl (C=O) groups is 1. The average molecular weight is 450 g/mol. The minimum absolute atomic E-state index is 0.0961. The summed E-state index contributed by atoms with van der Waals surface area (Å²) in [6, 6.07) is 10.5. The van der Waals surface area contributed by atoms with Crippen LogP contribution in [0.15, 0.2) is 61.1 Å². The molecule has 0 bridgehead atoms. The Morgan fingerprint density at radius 3 is 2.25 bits per heavy atom. The molecule has 0 fully saturated rings. The van der Waals surface area contributed by atoms with E-state index < -0.39 is 36.6 Å². The average Bonchev–Trinajstić information content (AvgIpc) is 2.78. The Labute approximate surface area is 180 Å². The first kappa shape index (κ1) is 23.0. The van der Waals surface area contributed by atoms with E-state index in [1.54, 1.807) is 24.5 Å². The van der Waals surface area contributed by atoms with Gasteiger partial charge in [0, 0.05) is 24.5 Å². The van der Waals surface area contributed by atoms with Crippen molar-refractivity contribution < 1.29 is 36.6 Å². The largest absolute Gasteiger partial charge is 0.464 e. The van der Waals surface area contributed by atoms with Crippen molar-refractivity contribution in [1.82, 2.24) is 9.97 Å². The van der Waals surface area contributed by atoms with Crippen LogP contribution in [0.25, 0.3) is 0 Å². The third kappa shape index (κ3) is 5.93. The summed E-state index contributed by atoms with van der Waals surface area (Å²) >= 11 is 0. The van der Waals surface area contributed by atoms with Gasteiger partial charge in [-0.25, -0.2) is 9.78 Å². The van der Waals surface area contributed by atoms with E-state index in [0.717, 1.165) is 11.6 Å². The maximum absolute atomic E-state index is 12.9. The van der Waals surface area contributed by atoms with Crippen LogP contribution in [0, 0.1) is 0 Å². The molecule has 168 valence electrons. The van der Waals surface area contributed by atoms with Gasteiger partial charge in [-0.2, -0.15) is 17.6 Å². The lowest BCUT2D eigenvalue weighted by Crippen LogP contribution is -2.11. The van der Waals surface area contributed by atoms with Gasteiger partial charge in [0.1, 0.15) is 5.69 Å². The van der Waals surface area contributed by atoms with Crippen LogP contribution in [0.1, 0.15) is 33.1 Å². The first-order valence-corrected chi connectivity index (χ1v) is 9.34. The molecule has 10 heteroatoms. The van der Waals surface area contributed by atoms with E-state index in [1.807, 2.05) is 6.07 Å². The van der Waals surface area contributed by atoms with Crippen molar-refractivity contribution in [3.05, 3.63) is 83.4 Å². The Bertz CT molecular complexity index is 1030. The monoisotopic (exact) mass is 450 g/mol. The quantitative estimate of drug-likeness (QED) is 0.343. The minimum Gasteiger partial charge on any atom is -0.464 e. The molecule has 32 heavy (non-hydrogen) atoms. The lowest BCUT2D eigenvalue weighted by molar-refractivity contribution is -0.0692. The highest BCUT2D eigenvalue weighted by molar-refractivity contribution is 5.87. The third-order valence-electron chi connectivity index (χ3n) is 4.55. The van der Waals surface area contributed by atoms with Crippen LogP contribution in [0.2, 0.25) is 0 Å². The molecule has 2 aromatic heterocycles. The predicted octanol–water partition coefficient (Wildman–Crippen LogP) is 4.84. The maximum atomic E-state index is 12.9. The van der Waals surface area contributed by atoms with Crippen LogP contribution < -0.4 is 9.47 Å². The Morgan fingerprint density at radius 2 is 1.66 bits per heavy atom. The van der Waals surface area contributed by atoms with E-state index in [0.29, 0.717) is 17.5 Å². The molecular weight excluding hydrogens is 432 g/mol. The second-order valence-corrected chi connectivity index (χ2v) is 6.55. The fourth-order valence-electron chi connectivity index (χ4n) is 3.14. The van der Waals surface area contributed by atoms with Gasteiger partial charge in [-0.05, 0) is 47.4 Å². The molecule has 2 heterocycles. The van der Waals surface area contributed by atoms with Gasteiger partial charge in [0.25, 0.3) is 0 Å². The van der Waals surface area contributed by atoms with Crippen molar-refractivity contribution in [2.24, 2.45) is 0 Å². The zero-order valence-corrected chi connectivity index (χ0v) is 16.8. The molecule has 0 aliphatic heterocycles. The predicted molar refractivity (Wildman–Crippen MR) is 105 cm³/mol. The van der Waals surface area contributed by atoms with Crippen molar-refractivity contribution in [2.45, 2.75) is 25.6 Å². The van der Waals surface area contributed by atoms with Crippen LogP contribution in [0.3, 0.4) is 0 Å². The van der Waals surface area contributed by atoms with Gasteiger partial charge < -0.3 is 14.2 Å². The number of halogens is 4. The summed E-state index contributed by atoms with van der Waals surface area (Å²) in [6.07, 6.45) is 5.10. The van der Waals surface area contributed by atoms with Gasteiger partial charge in [0.05, 0.1) is 7.11 Å². The summed E-state index contributed by atoms with van der Waals surface area (Å²) in [6.45, 7) is -6.44. The van der Waals surface area contributed by atoms with Crippen molar-refractivity contribution in [1.29, 1.82) is 0 Å². The molecule has 0 saturated carbocycles. The van der Waals surface area contributed by atoms with Crippen molar-refractivity contribution in [3.8, 4) is 11.5 Å². The van der Waals surface area contributed by atoms with E-state index in [1.165, 1.54) is 31.5 Å². The normalized spacial score (nSPS) is 12.0. The van der Waals surface area contributed by atoms with Gasteiger partial charge in [-0.3, -0.25) is 4.98 Å². The topological polar surface area (TPSA) is 70.5 Å². The molecule has 0 radical (unpaired) electrons. The summed E-state index contributed by atoms with van der Waals surface area (Å²) < 4.78 is 64.4. The fourth-order valence-corrected chi connectivity index (χ4v) is 3.14. The van der Waals surface area contributed by atoms with Gasteiger partial charge in [0.2, 0.25) is 0 Å². The van der Waals surface area contributed by atoms with Crippen LogP contribution in [0.5, 0.6) is 11.5 Å². The van der Waals surface area contributed by atoms with Crippen molar-refractivity contribution in [2.75, 3.05) is 7.11 Å². The number of nitrogens with zero attached hydrogens (tertiary/aromatic N) is 2. The van der Waals surface area contributed by atoms with Gasteiger partial charge >= 0.3 is 19.2 Å². The zero-order valence-electron chi connectivity index (χ0n) is 16.8. The smallest absolute Gasteiger partial charge is 0.387 e. The highest BCUT2D eigenvalue weighted by Crippen LogP contribution is 2.36. The second kappa shape index (κ2) is 10.6. The first-order chi connectivity index (χ1) is 15.4. The lowest BCUT2D eigenvalue weighted by atomic mass is 9.87. The van der Waals surface area contributed by atoms with E-state index in [2.05, 4.69) is 24.2 Å². The number of esters is 1. The summed E-state index contributed by atoms with van der Waals surface area (Å²) in [4.78, 5) is 19.8. The summed E-state index contributed by atoms with van der Waals surface area (Å²) in [5, 5.41) is 0. The van der Waals surface area contributed by atoms with Crippen LogP contribution in [0.4, 0.5) is 17.6 Å². The SMILES string of the molecule is COC(=O)c1ccc(C(Cc2cccnc2)c2ccc(OC(F)F)c(OC(F)F)c2)cn1. The molecule has 3 rings (SSSR count). The molecule has 0 aliphatic carbocycles. The van der Waals surface area contributed by atoms with Crippen molar-refractivity contribution >= 4 is 5.97 Å². The molecule has 0 N–H and O–H groups in total. The Morgan fingerprint density at radius 1 is 0.938 bits per heavy atom. The molecule has 0 aliphatic rings. The minimum atomic E-state index is -3.23. The number of hydrogen-bond donors (Lipinski definition) is 0. The molecule has 1 aromatic carbocycles. The Balaban J connectivity index is 2.03. The number of alkyl halides is 4. The summed E-state index contributed by atoms with van der Waals surface area (Å²) in [5.41, 5.74) is 2.06. The number of methoxy groups -OCH3 is 1. The summed E-state index contributed by atoms with van der Waals surface area (Å²) in [5.74, 6) is -2.09.